The maximum Gasteiger partial charge on any atom is 0.349 e. The number of aryl methyl sites for hydroxylation is 1. The minimum atomic E-state index is -1.03. The fourth-order valence-corrected chi connectivity index (χ4v) is 4.27. The van der Waals surface area contributed by atoms with E-state index in [4.69, 9.17) is 9.47 Å². The zero-order valence-electron chi connectivity index (χ0n) is 17.5. The number of hydrogen-bond acceptors (Lipinski definition) is 3. The van der Waals surface area contributed by atoms with Crippen LogP contribution in [-0.4, -0.2) is 22.7 Å². The highest BCUT2D eigenvalue weighted by Gasteiger charge is 2.32. The SMILES string of the molecule is CCOC(=O)C(C)(C)Oc1ccc2c(c1)c(-c1ccccc1)c1n2CCCCC1. The van der Waals surface area contributed by atoms with Crippen molar-refractivity contribution in [1.82, 2.24) is 4.57 Å². The van der Waals surface area contributed by atoms with Crippen LogP contribution in [0.4, 0.5) is 0 Å². The lowest BCUT2D eigenvalue weighted by atomic mass is 9.99. The Morgan fingerprint density at radius 3 is 2.62 bits per heavy atom. The Hall–Kier alpha value is -2.75. The van der Waals surface area contributed by atoms with Gasteiger partial charge in [0.2, 0.25) is 0 Å². The van der Waals surface area contributed by atoms with Gasteiger partial charge in [-0.1, -0.05) is 36.8 Å². The first-order valence-corrected chi connectivity index (χ1v) is 10.6. The number of hydrogen-bond donors (Lipinski definition) is 0. The normalized spacial score (nSPS) is 14.3. The minimum absolute atomic E-state index is 0.342. The van der Waals surface area contributed by atoms with Gasteiger partial charge in [0.05, 0.1) is 6.61 Å². The van der Waals surface area contributed by atoms with E-state index in [-0.39, 0.29) is 5.97 Å². The quantitative estimate of drug-likeness (QED) is 0.520. The number of carbonyl (C=O) groups is 1. The second-order valence-corrected chi connectivity index (χ2v) is 8.16. The Morgan fingerprint density at radius 1 is 1.07 bits per heavy atom. The van der Waals surface area contributed by atoms with Crippen LogP contribution in [0.5, 0.6) is 5.75 Å². The molecule has 4 rings (SSSR count). The molecule has 3 aromatic rings. The molecule has 0 amide bonds. The average Bonchev–Trinajstić information content (AvgIpc) is 2.84. The maximum atomic E-state index is 12.3. The lowest BCUT2D eigenvalue weighted by Crippen LogP contribution is -2.39. The van der Waals surface area contributed by atoms with Crippen LogP contribution >= 0.6 is 0 Å². The molecule has 0 saturated heterocycles. The van der Waals surface area contributed by atoms with Gasteiger partial charge in [-0.3, -0.25) is 0 Å². The molecule has 29 heavy (non-hydrogen) atoms. The molecule has 4 nitrogen and oxygen atoms in total. The number of esters is 1. The van der Waals surface area contributed by atoms with Crippen molar-refractivity contribution < 1.29 is 14.3 Å². The first-order chi connectivity index (χ1) is 14.0. The molecular formula is C25H29NO3. The largest absolute Gasteiger partial charge is 0.476 e. The van der Waals surface area contributed by atoms with Crippen molar-refractivity contribution in [3.8, 4) is 16.9 Å². The van der Waals surface area contributed by atoms with E-state index in [2.05, 4.69) is 47.0 Å². The number of nitrogens with zero attached hydrogens (tertiary/aromatic N) is 1. The lowest BCUT2D eigenvalue weighted by molar-refractivity contribution is -0.158. The van der Waals surface area contributed by atoms with Gasteiger partial charge >= 0.3 is 5.97 Å². The van der Waals surface area contributed by atoms with Crippen molar-refractivity contribution in [3.05, 3.63) is 54.2 Å². The Kier molecular flexibility index (Phi) is 5.35. The number of carbonyl (C=O) groups excluding carboxylic acids is 1. The fourth-order valence-electron chi connectivity index (χ4n) is 4.27. The molecule has 152 valence electrons. The molecule has 0 atom stereocenters. The zero-order chi connectivity index (χ0) is 20.4. The summed E-state index contributed by atoms with van der Waals surface area (Å²) in [6.45, 7) is 6.70. The van der Waals surface area contributed by atoms with Crippen molar-refractivity contribution in [3.63, 3.8) is 0 Å². The molecular weight excluding hydrogens is 362 g/mol. The van der Waals surface area contributed by atoms with Crippen LogP contribution in [-0.2, 0) is 22.5 Å². The summed E-state index contributed by atoms with van der Waals surface area (Å²) in [5.41, 5.74) is 4.14. The van der Waals surface area contributed by atoms with Gasteiger partial charge in [-0.2, -0.15) is 0 Å². The predicted molar refractivity (Wildman–Crippen MR) is 116 cm³/mol. The number of fused-ring (bicyclic) bond motifs is 3. The molecule has 4 heteroatoms. The summed E-state index contributed by atoms with van der Waals surface area (Å²) >= 11 is 0. The first kappa shape index (κ1) is 19.6. The molecule has 0 radical (unpaired) electrons. The number of aromatic nitrogens is 1. The lowest BCUT2D eigenvalue weighted by Gasteiger charge is -2.24. The van der Waals surface area contributed by atoms with E-state index < -0.39 is 5.60 Å². The van der Waals surface area contributed by atoms with Gasteiger partial charge in [0.15, 0.2) is 5.60 Å². The molecule has 0 spiro atoms. The summed E-state index contributed by atoms with van der Waals surface area (Å²) < 4.78 is 13.7. The van der Waals surface area contributed by atoms with Crippen LogP contribution in [0, 0.1) is 0 Å². The maximum absolute atomic E-state index is 12.3. The molecule has 0 saturated carbocycles. The molecule has 2 aromatic carbocycles. The molecule has 1 aliphatic heterocycles. The van der Waals surface area contributed by atoms with Gasteiger partial charge in [-0.25, -0.2) is 4.79 Å². The molecule has 1 aromatic heterocycles. The molecule has 2 heterocycles. The molecule has 0 fully saturated rings. The second kappa shape index (κ2) is 7.94. The summed E-state index contributed by atoms with van der Waals surface area (Å²) in [6.07, 6.45) is 4.78. The average molecular weight is 392 g/mol. The Bertz CT molecular complexity index is 1020. The van der Waals surface area contributed by atoms with Crippen molar-refractivity contribution in [2.24, 2.45) is 0 Å². The van der Waals surface area contributed by atoms with Gasteiger partial charge in [0, 0.05) is 28.7 Å². The van der Waals surface area contributed by atoms with E-state index in [1.54, 1.807) is 20.8 Å². The molecule has 0 unspecified atom stereocenters. The van der Waals surface area contributed by atoms with Gasteiger partial charge in [-0.05, 0) is 63.8 Å². The van der Waals surface area contributed by atoms with Gasteiger partial charge in [0.25, 0.3) is 0 Å². The number of ether oxygens (including phenoxy) is 2. The fraction of sp³-hybridized carbons (Fsp3) is 0.400. The van der Waals surface area contributed by atoms with Crippen molar-refractivity contribution in [2.75, 3.05) is 6.61 Å². The van der Waals surface area contributed by atoms with E-state index in [1.807, 2.05) is 6.07 Å². The van der Waals surface area contributed by atoms with Crippen LogP contribution in [0.15, 0.2) is 48.5 Å². The molecule has 0 bridgehead atoms. The number of rotatable bonds is 5. The Morgan fingerprint density at radius 2 is 1.86 bits per heavy atom. The van der Waals surface area contributed by atoms with Crippen molar-refractivity contribution in [2.45, 2.75) is 58.6 Å². The molecule has 0 N–H and O–H groups in total. The summed E-state index contributed by atoms with van der Waals surface area (Å²) in [7, 11) is 0. The summed E-state index contributed by atoms with van der Waals surface area (Å²) in [5, 5.41) is 1.19. The first-order valence-electron chi connectivity index (χ1n) is 10.6. The highest BCUT2D eigenvalue weighted by atomic mass is 16.6. The standard InChI is InChI=1S/C25H29NO3/c1-4-28-24(27)25(2,3)29-19-14-15-21-20(17-19)23(18-11-7-5-8-12-18)22-13-9-6-10-16-26(21)22/h5,7-8,11-12,14-15,17H,4,6,9-10,13,16H2,1-3H3. The summed E-state index contributed by atoms with van der Waals surface area (Å²) in [4.78, 5) is 12.3. The third kappa shape index (κ3) is 3.76. The molecule has 1 aliphatic rings. The van der Waals surface area contributed by atoms with Crippen LogP contribution in [0.25, 0.3) is 22.0 Å². The second-order valence-electron chi connectivity index (χ2n) is 8.16. The Balaban J connectivity index is 1.83. The third-order valence-corrected chi connectivity index (χ3v) is 5.64. The number of benzene rings is 2. The van der Waals surface area contributed by atoms with Crippen LogP contribution in [0.1, 0.15) is 45.7 Å². The van der Waals surface area contributed by atoms with E-state index in [1.165, 1.54) is 47.0 Å². The highest BCUT2D eigenvalue weighted by Crippen LogP contribution is 2.39. The van der Waals surface area contributed by atoms with E-state index in [0.717, 1.165) is 13.0 Å². The van der Waals surface area contributed by atoms with E-state index in [9.17, 15) is 4.79 Å². The minimum Gasteiger partial charge on any atom is -0.476 e. The predicted octanol–water partition coefficient (Wildman–Crippen LogP) is 5.76. The van der Waals surface area contributed by atoms with Crippen molar-refractivity contribution in [1.29, 1.82) is 0 Å². The van der Waals surface area contributed by atoms with E-state index >= 15 is 0 Å². The van der Waals surface area contributed by atoms with Crippen LogP contribution in [0.2, 0.25) is 0 Å². The monoisotopic (exact) mass is 391 g/mol. The van der Waals surface area contributed by atoms with E-state index in [0.29, 0.717) is 12.4 Å². The van der Waals surface area contributed by atoms with Crippen LogP contribution in [0.3, 0.4) is 0 Å². The van der Waals surface area contributed by atoms with Gasteiger partial charge < -0.3 is 14.0 Å². The summed E-state index contributed by atoms with van der Waals surface area (Å²) in [5.74, 6) is 0.338. The summed E-state index contributed by atoms with van der Waals surface area (Å²) in [6, 6.07) is 16.8. The Labute approximate surface area is 172 Å². The van der Waals surface area contributed by atoms with Gasteiger partial charge in [0.1, 0.15) is 5.75 Å². The van der Waals surface area contributed by atoms with Gasteiger partial charge in [-0.15, -0.1) is 0 Å². The molecule has 0 aliphatic carbocycles. The third-order valence-electron chi connectivity index (χ3n) is 5.64. The smallest absolute Gasteiger partial charge is 0.349 e. The van der Waals surface area contributed by atoms with Crippen molar-refractivity contribution >= 4 is 16.9 Å². The van der Waals surface area contributed by atoms with Crippen LogP contribution < -0.4 is 4.74 Å². The zero-order valence-corrected chi connectivity index (χ0v) is 17.5. The highest BCUT2D eigenvalue weighted by molar-refractivity contribution is 5.99. The topological polar surface area (TPSA) is 40.5 Å².